The average molecular weight is 418 g/mol. The quantitative estimate of drug-likeness (QED) is 0.508. The molecule has 0 atom stereocenters. The number of aromatic amines is 1. The van der Waals surface area contributed by atoms with Crippen LogP contribution in [0.2, 0.25) is 0 Å². The van der Waals surface area contributed by atoms with Crippen LogP contribution in [0.15, 0.2) is 72.4 Å². The fourth-order valence-corrected chi connectivity index (χ4v) is 4.54. The van der Waals surface area contributed by atoms with Crippen molar-refractivity contribution in [2.75, 3.05) is 18.0 Å². The molecule has 30 heavy (non-hydrogen) atoms. The van der Waals surface area contributed by atoms with Gasteiger partial charge in [0.05, 0.1) is 10.6 Å². The van der Waals surface area contributed by atoms with Crippen molar-refractivity contribution in [2.24, 2.45) is 0 Å². The van der Waals surface area contributed by atoms with E-state index in [2.05, 4.69) is 37.9 Å². The van der Waals surface area contributed by atoms with Crippen LogP contribution in [0, 0.1) is 0 Å². The van der Waals surface area contributed by atoms with Crippen LogP contribution in [0.4, 0.5) is 5.82 Å². The Kier molecular flexibility index (Phi) is 5.11. The standard InChI is InChI=1S/C23H23N5OS/c29-23(17-5-7-19(8-6-17)27-11-1-2-12-27)24-18-9-13-28(14-10-18)22-16-20(25-26-22)21-4-3-15-30-21/h1-8,11-12,15-16,18H,9-10,13-14H2,(H,24,29)(H,25,26). The van der Waals surface area contributed by atoms with Crippen molar-refractivity contribution in [2.45, 2.75) is 18.9 Å². The molecule has 4 heterocycles. The number of piperidine rings is 1. The fraction of sp³-hybridized carbons (Fsp3) is 0.217. The van der Waals surface area contributed by atoms with E-state index in [0.717, 1.165) is 43.1 Å². The van der Waals surface area contributed by atoms with Crippen LogP contribution in [0.3, 0.4) is 0 Å². The predicted octanol–water partition coefficient (Wildman–Crippen LogP) is 4.33. The zero-order valence-corrected chi connectivity index (χ0v) is 17.3. The summed E-state index contributed by atoms with van der Waals surface area (Å²) < 4.78 is 2.02. The highest BCUT2D eigenvalue weighted by Gasteiger charge is 2.23. The number of hydrogen-bond donors (Lipinski definition) is 2. The number of amides is 1. The number of hydrogen-bond acceptors (Lipinski definition) is 4. The molecular weight excluding hydrogens is 394 g/mol. The van der Waals surface area contributed by atoms with E-state index in [1.807, 2.05) is 59.4 Å². The van der Waals surface area contributed by atoms with Gasteiger partial charge in [0.1, 0.15) is 0 Å². The fourth-order valence-electron chi connectivity index (χ4n) is 3.84. The van der Waals surface area contributed by atoms with Gasteiger partial charge in [-0.05, 0) is 60.7 Å². The van der Waals surface area contributed by atoms with Crippen LogP contribution >= 0.6 is 11.3 Å². The molecule has 1 amide bonds. The summed E-state index contributed by atoms with van der Waals surface area (Å²) in [4.78, 5) is 16.1. The van der Waals surface area contributed by atoms with Crippen LogP contribution in [-0.2, 0) is 0 Å². The van der Waals surface area contributed by atoms with Gasteiger partial charge in [-0.3, -0.25) is 9.89 Å². The van der Waals surface area contributed by atoms with Crippen molar-refractivity contribution in [1.29, 1.82) is 0 Å². The molecule has 2 N–H and O–H groups in total. The van der Waals surface area contributed by atoms with Crippen molar-refractivity contribution >= 4 is 23.1 Å². The van der Waals surface area contributed by atoms with Crippen LogP contribution in [0.5, 0.6) is 0 Å². The number of carbonyl (C=O) groups excluding carboxylic acids is 1. The van der Waals surface area contributed by atoms with Crippen LogP contribution in [-0.4, -0.2) is 39.8 Å². The summed E-state index contributed by atoms with van der Waals surface area (Å²) in [6.07, 6.45) is 5.81. The van der Waals surface area contributed by atoms with Crippen molar-refractivity contribution in [3.8, 4) is 16.3 Å². The number of nitrogens with zero attached hydrogens (tertiary/aromatic N) is 3. The number of thiophene rings is 1. The molecular formula is C23H23N5OS. The Labute approximate surface area is 179 Å². The van der Waals surface area contributed by atoms with Crippen molar-refractivity contribution < 1.29 is 4.79 Å². The second-order valence-corrected chi connectivity index (χ2v) is 8.44. The lowest BCUT2D eigenvalue weighted by molar-refractivity contribution is 0.0931. The van der Waals surface area contributed by atoms with Crippen molar-refractivity contribution in [1.82, 2.24) is 20.1 Å². The summed E-state index contributed by atoms with van der Waals surface area (Å²) in [5, 5.41) is 12.9. The first kappa shape index (κ1) is 18.7. The van der Waals surface area contributed by atoms with Gasteiger partial charge in [-0.2, -0.15) is 5.10 Å². The Balaban J connectivity index is 1.16. The van der Waals surface area contributed by atoms with Crippen LogP contribution in [0.25, 0.3) is 16.3 Å². The third-order valence-electron chi connectivity index (χ3n) is 5.54. The molecule has 0 unspecified atom stereocenters. The summed E-state index contributed by atoms with van der Waals surface area (Å²) in [5.41, 5.74) is 2.80. The summed E-state index contributed by atoms with van der Waals surface area (Å²) in [7, 11) is 0. The normalized spacial score (nSPS) is 14.7. The molecule has 6 nitrogen and oxygen atoms in total. The van der Waals surface area contributed by atoms with Gasteiger partial charge in [0.2, 0.25) is 0 Å². The molecule has 7 heteroatoms. The van der Waals surface area contributed by atoms with Crippen LogP contribution in [0.1, 0.15) is 23.2 Å². The molecule has 3 aromatic heterocycles. The molecule has 1 aliphatic heterocycles. The third kappa shape index (κ3) is 3.89. The highest BCUT2D eigenvalue weighted by atomic mass is 32.1. The Morgan fingerprint density at radius 1 is 1.07 bits per heavy atom. The zero-order valence-electron chi connectivity index (χ0n) is 16.5. The number of anilines is 1. The Hall–Kier alpha value is -3.32. The monoisotopic (exact) mass is 417 g/mol. The zero-order chi connectivity index (χ0) is 20.3. The molecule has 4 aromatic rings. The number of carbonyl (C=O) groups is 1. The molecule has 0 saturated carbocycles. The van der Waals surface area contributed by atoms with Gasteiger partial charge in [0.15, 0.2) is 5.82 Å². The summed E-state index contributed by atoms with van der Waals surface area (Å²) in [6, 6.07) is 18.1. The Bertz CT molecular complexity index is 1090. The van der Waals surface area contributed by atoms with Gasteiger partial charge in [-0.1, -0.05) is 6.07 Å². The molecule has 5 rings (SSSR count). The molecule has 1 saturated heterocycles. The van der Waals surface area contributed by atoms with E-state index >= 15 is 0 Å². The summed E-state index contributed by atoms with van der Waals surface area (Å²) >= 11 is 1.70. The Morgan fingerprint density at radius 3 is 2.53 bits per heavy atom. The summed E-state index contributed by atoms with van der Waals surface area (Å²) in [6.45, 7) is 1.76. The number of H-pyrrole nitrogens is 1. The minimum atomic E-state index is -0.00717. The average Bonchev–Trinajstić information content (AvgIpc) is 3.57. The van der Waals surface area contributed by atoms with E-state index in [1.54, 1.807) is 11.3 Å². The molecule has 0 bridgehead atoms. The predicted molar refractivity (Wildman–Crippen MR) is 120 cm³/mol. The first-order valence-corrected chi connectivity index (χ1v) is 11.0. The SMILES string of the molecule is O=C(NC1CCN(c2cc(-c3cccs3)[nH]n2)CC1)c1ccc(-n2cccc2)cc1. The molecule has 1 aliphatic rings. The highest BCUT2D eigenvalue weighted by molar-refractivity contribution is 7.13. The number of nitrogens with one attached hydrogen (secondary N) is 2. The second-order valence-electron chi connectivity index (χ2n) is 7.49. The smallest absolute Gasteiger partial charge is 0.251 e. The van der Waals surface area contributed by atoms with E-state index < -0.39 is 0 Å². The largest absolute Gasteiger partial charge is 0.355 e. The molecule has 152 valence electrons. The second kappa shape index (κ2) is 8.20. The molecule has 0 spiro atoms. The van der Waals surface area contributed by atoms with E-state index in [-0.39, 0.29) is 11.9 Å². The minimum absolute atomic E-state index is 0.00717. The van der Waals surface area contributed by atoms with E-state index in [0.29, 0.717) is 5.56 Å². The van der Waals surface area contributed by atoms with Crippen molar-refractivity contribution in [3.63, 3.8) is 0 Å². The topological polar surface area (TPSA) is 66.0 Å². The maximum atomic E-state index is 12.6. The first-order chi connectivity index (χ1) is 14.8. The Morgan fingerprint density at radius 2 is 1.83 bits per heavy atom. The maximum absolute atomic E-state index is 12.6. The first-order valence-electron chi connectivity index (χ1n) is 10.1. The van der Waals surface area contributed by atoms with E-state index in [4.69, 9.17) is 0 Å². The lowest BCUT2D eigenvalue weighted by atomic mass is 10.0. The van der Waals surface area contributed by atoms with Gasteiger partial charge in [0, 0.05) is 48.8 Å². The highest BCUT2D eigenvalue weighted by Crippen LogP contribution is 2.27. The number of benzene rings is 1. The minimum Gasteiger partial charge on any atom is -0.355 e. The molecule has 1 aromatic carbocycles. The molecule has 0 aliphatic carbocycles. The number of aromatic nitrogens is 3. The van der Waals surface area contributed by atoms with Crippen molar-refractivity contribution in [3.05, 3.63) is 77.9 Å². The number of rotatable bonds is 5. The van der Waals surface area contributed by atoms with E-state index in [1.165, 1.54) is 4.88 Å². The lowest BCUT2D eigenvalue weighted by Gasteiger charge is -2.32. The summed E-state index contributed by atoms with van der Waals surface area (Å²) in [5.74, 6) is 0.969. The lowest BCUT2D eigenvalue weighted by Crippen LogP contribution is -2.44. The van der Waals surface area contributed by atoms with Crippen LogP contribution < -0.4 is 10.2 Å². The van der Waals surface area contributed by atoms with Gasteiger partial charge >= 0.3 is 0 Å². The van der Waals surface area contributed by atoms with Gasteiger partial charge in [-0.15, -0.1) is 11.3 Å². The molecule has 0 radical (unpaired) electrons. The third-order valence-corrected chi connectivity index (χ3v) is 6.44. The van der Waals surface area contributed by atoms with E-state index in [9.17, 15) is 4.79 Å². The van der Waals surface area contributed by atoms with Gasteiger partial charge in [0.25, 0.3) is 5.91 Å². The van der Waals surface area contributed by atoms with Gasteiger partial charge in [-0.25, -0.2) is 0 Å². The van der Waals surface area contributed by atoms with Gasteiger partial charge < -0.3 is 14.8 Å². The molecule has 1 fully saturated rings. The maximum Gasteiger partial charge on any atom is 0.251 e.